The van der Waals surface area contributed by atoms with E-state index in [1.54, 1.807) is 0 Å². The van der Waals surface area contributed by atoms with Crippen LogP contribution in [0.25, 0.3) is 0 Å². The third-order valence-corrected chi connectivity index (χ3v) is 5.92. The molecule has 3 unspecified atom stereocenters. The molecule has 112 valence electrons. The Morgan fingerprint density at radius 1 is 1.30 bits per heavy atom. The van der Waals surface area contributed by atoms with Crippen LogP contribution in [0.4, 0.5) is 0 Å². The lowest BCUT2D eigenvalue weighted by molar-refractivity contribution is 0.307. The first-order valence-corrected chi connectivity index (χ1v) is 8.99. The second kappa shape index (κ2) is 5.77. The van der Waals surface area contributed by atoms with Crippen LogP contribution in [0.3, 0.4) is 0 Å². The first-order chi connectivity index (χ1) is 9.29. The smallest absolute Gasteiger partial charge is 0.150 e. The molecule has 5 nitrogen and oxygen atoms in total. The van der Waals surface area contributed by atoms with Crippen molar-refractivity contribution in [3.05, 3.63) is 23.0 Å². The monoisotopic (exact) mass is 297 g/mol. The Kier molecular flexibility index (Phi) is 4.44. The largest absolute Gasteiger partial charge is 0.324 e. The number of sulfone groups is 1. The van der Waals surface area contributed by atoms with Crippen molar-refractivity contribution in [2.45, 2.75) is 50.8 Å². The minimum absolute atomic E-state index is 0.159. The number of hydrogen-bond acceptors (Lipinski definition) is 5. The second-order valence-electron chi connectivity index (χ2n) is 5.93. The van der Waals surface area contributed by atoms with Crippen LogP contribution >= 0.6 is 0 Å². The fourth-order valence-corrected chi connectivity index (χ4v) is 4.25. The molecule has 2 rings (SSSR count). The quantitative estimate of drug-likeness (QED) is 0.917. The average Bonchev–Trinajstić information content (AvgIpc) is 2.40. The van der Waals surface area contributed by atoms with E-state index in [2.05, 4.69) is 10.2 Å². The average molecular weight is 297 g/mol. The van der Waals surface area contributed by atoms with Crippen molar-refractivity contribution in [1.82, 2.24) is 10.2 Å². The molecular formula is C14H23N3O2S. The van der Waals surface area contributed by atoms with Gasteiger partial charge in [-0.15, -0.1) is 0 Å². The summed E-state index contributed by atoms with van der Waals surface area (Å²) in [6, 6.07) is 1.81. The highest BCUT2D eigenvalue weighted by molar-refractivity contribution is 7.91. The van der Waals surface area contributed by atoms with Gasteiger partial charge in [0, 0.05) is 12.3 Å². The summed E-state index contributed by atoms with van der Waals surface area (Å²) in [4.78, 5) is 0. The molecule has 0 spiro atoms. The molecule has 0 bridgehead atoms. The van der Waals surface area contributed by atoms with Crippen LogP contribution < -0.4 is 5.73 Å². The number of rotatable bonds is 3. The lowest BCUT2D eigenvalue weighted by Gasteiger charge is -2.32. The highest BCUT2D eigenvalue weighted by Gasteiger charge is 2.32. The van der Waals surface area contributed by atoms with Crippen molar-refractivity contribution in [2.75, 3.05) is 6.26 Å². The van der Waals surface area contributed by atoms with E-state index in [1.807, 2.05) is 19.9 Å². The van der Waals surface area contributed by atoms with Crippen molar-refractivity contribution in [1.29, 1.82) is 0 Å². The Labute approximate surface area is 120 Å². The van der Waals surface area contributed by atoms with Gasteiger partial charge in [0.1, 0.15) is 9.84 Å². The van der Waals surface area contributed by atoms with Gasteiger partial charge >= 0.3 is 0 Å². The summed E-state index contributed by atoms with van der Waals surface area (Å²) in [7, 11) is -2.98. The van der Waals surface area contributed by atoms with Crippen molar-refractivity contribution in [3.63, 3.8) is 0 Å². The first-order valence-electron chi connectivity index (χ1n) is 7.04. The van der Waals surface area contributed by atoms with Gasteiger partial charge in [0.25, 0.3) is 0 Å². The number of aryl methyl sites for hydroxylation is 2. The summed E-state index contributed by atoms with van der Waals surface area (Å²) >= 11 is 0. The molecular weight excluding hydrogens is 274 g/mol. The molecule has 0 amide bonds. The lowest BCUT2D eigenvalue weighted by atomic mass is 9.81. The zero-order valence-corrected chi connectivity index (χ0v) is 13.2. The van der Waals surface area contributed by atoms with E-state index in [9.17, 15) is 8.42 Å². The third kappa shape index (κ3) is 3.35. The van der Waals surface area contributed by atoms with E-state index in [0.717, 1.165) is 36.2 Å². The van der Waals surface area contributed by atoms with E-state index in [-0.39, 0.29) is 17.2 Å². The van der Waals surface area contributed by atoms with E-state index >= 15 is 0 Å². The summed E-state index contributed by atoms with van der Waals surface area (Å²) in [5, 5.41) is 7.89. The van der Waals surface area contributed by atoms with Gasteiger partial charge in [-0.3, -0.25) is 0 Å². The van der Waals surface area contributed by atoms with Gasteiger partial charge in [-0.05, 0) is 50.7 Å². The van der Waals surface area contributed by atoms with Crippen LogP contribution in [0, 0.1) is 19.8 Å². The molecule has 0 aromatic carbocycles. The van der Waals surface area contributed by atoms with Crippen LogP contribution in [-0.2, 0) is 9.84 Å². The fraction of sp³-hybridized carbons (Fsp3) is 0.714. The topological polar surface area (TPSA) is 85.9 Å². The van der Waals surface area contributed by atoms with E-state index < -0.39 is 9.84 Å². The standard InChI is InChI=1S/C14H23N3O2S/c1-9-7-13(10(2)17-16-9)14(15)11-5-4-6-12(8-11)20(3,18)19/h7,11-12,14H,4-6,8,15H2,1-3H3. The molecule has 0 radical (unpaired) electrons. The zero-order chi connectivity index (χ0) is 14.9. The molecule has 1 aliphatic rings. The summed E-state index contributed by atoms with van der Waals surface area (Å²) in [6.45, 7) is 3.79. The van der Waals surface area contributed by atoms with Gasteiger partial charge in [0.2, 0.25) is 0 Å². The summed E-state index contributed by atoms with van der Waals surface area (Å²) in [6.07, 6.45) is 4.64. The van der Waals surface area contributed by atoms with Crippen molar-refractivity contribution >= 4 is 9.84 Å². The highest BCUT2D eigenvalue weighted by Crippen LogP contribution is 2.36. The van der Waals surface area contributed by atoms with Crippen molar-refractivity contribution in [3.8, 4) is 0 Å². The summed E-state index contributed by atoms with van der Waals surface area (Å²) in [5.74, 6) is 0.200. The molecule has 1 saturated carbocycles. The molecule has 0 saturated heterocycles. The molecule has 1 fully saturated rings. The molecule has 3 atom stereocenters. The Morgan fingerprint density at radius 3 is 2.65 bits per heavy atom. The predicted octanol–water partition coefficient (Wildman–Crippen LogP) is 1.70. The third-order valence-electron chi connectivity index (χ3n) is 4.28. The Morgan fingerprint density at radius 2 is 2.00 bits per heavy atom. The minimum atomic E-state index is -2.98. The Bertz CT molecular complexity index is 586. The van der Waals surface area contributed by atoms with Crippen molar-refractivity contribution in [2.24, 2.45) is 11.7 Å². The lowest BCUT2D eigenvalue weighted by Crippen LogP contribution is -2.33. The van der Waals surface area contributed by atoms with Crippen LogP contribution in [0.2, 0.25) is 0 Å². The molecule has 6 heteroatoms. The summed E-state index contributed by atoms with van der Waals surface area (Å²) in [5.41, 5.74) is 9.06. The van der Waals surface area contributed by atoms with Crippen LogP contribution in [-0.4, -0.2) is 30.1 Å². The number of nitrogens with two attached hydrogens (primary N) is 1. The van der Waals surface area contributed by atoms with Gasteiger partial charge in [-0.25, -0.2) is 8.42 Å². The van der Waals surface area contributed by atoms with Crippen molar-refractivity contribution < 1.29 is 8.42 Å². The molecule has 20 heavy (non-hydrogen) atoms. The molecule has 1 aromatic rings. The maximum Gasteiger partial charge on any atom is 0.150 e. The molecule has 1 heterocycles. The van der Waals surface area contributed by atoms with Gasteiger partial charge in [-0.2, -0.15) is 10.2 Å². The first kappa shape index (κ1) is 15.4. The highest BCUT2D eigenvalue weighted by atomic mass is 32.2. The predicted molar refractivity (Wildman–Crippen MR) is 79.0 cm³/mol. The van der Waals surface area contributed by atoms with Crippen LogP contribution in [0.1, 0.15) is 48.7 Å². The fourth-order valence-electron chi connectivity index (χ4n) is 3.06. The maximum absolute atomic E-state index is 11.7. The number of nitrogens with zero attached hydrogens (tertiary/aromatic N) is 2. The Hall–Kier alpha value is -1.01. The van der Waals surface area contributed by atoms with Crippen LogP contribution in [0.15, 0.2) is 6.07 Å². The van der Waals surface area contributed by atoms with Gasteiger partial charge in [-0.1, -0.05) is 6.42 Å². The van der Waals surface area contributed by atoms with E-state index in [1.165, 1.54) is 6.26 Å². The van der Waals surface area contributed by atoms with Gasteiger partial charge < -0.3 is 5.73 Å². The second-order valence-corrected chi connectivity index (χ2v) is 8.26. The SMILES string of the molecule is Cc1cc(C(N)C2CCCC(S(C)(=O)=O)C2)c(C)nn1. The normalized spacial score (nSPS) is 25.4. The zero-order valence-electron chi connectivity index (χ0n) is 12.3. The molecule has 2 N–H and O–H groups in total. The number of hydrogen-bond donors (Lipinski definition) is 1. The Balaban J connectivity index is 2.20. The molecule has 1 aromatic heterocycles. The minimum Gasteiger partial charge on any atom is -0.324 e. The molecule has 1 aliphatic carbocycles. The van der Waals surface area contributed by atoms with Gasteiger partial charge in [0.05, 0.1) is 16.6 Å². The van der Waals surface area contributed by atoms with E-state index in [0.29, 0.717) is 6.42 Å². The van der Waals surface area contributed by atoms with Crippen LogP contribution in [0.5, 0.6) is 0 Å². The molecule has 0 aliphatic heterocycles. The number of aromatic nitrogens is 2. The van der Waals surface area contributed by atoms with Gasteiger partial charge in [0.15, 0.2) is 0 Å². The summed E-state index contributed by atoms with van der Waals surface area (Å²) < 4.78 is 23.5. The maximum atomic E-state index is 11.7. The van der Waals surface area contributed by atoms with E-state index in [4.69, 9.17) is 5.73 Å².